The molecular weight excluding hydrogens is 344 g/mol. The number of hydrogen-bond acceptors (Lipinski definition) is 5. The number of likely N-dealkylation sites (tertiary alicyclic amines) is 1. The Morgan fingerprint density at radius 3 is 2.44 bits per heavy atom. The lowest BCUT2D eigenvalue weighted by Gasteiger charge is -2.25. The highest BCUT2D eigenvalue weighted by atomic mass is 16.3. The van der Waals surface area contributed by atoms with Crippen LogP contribution in [-0.2, 0) is 9.59 Å². The minimum absolute atomic E-state index is 0.343. The van der Waals surface area contributed by atoms with E-state index in [2.05, 4.69) is 0 Å². The molecule has 0 saturated carbocycles. The van der Waals surface area contributed by atoms with Crippen molar-refractivity contribution < 1.29 is 18.8 Å². The van der Waals surface area contributed by atoms with Crippen LogP contribution in [0, 0.1) is 12.8 Å². The zero-order valence-corrected chi connectivity index (χ0v) is 15.8. The minimum Gasteiger partial charge on any atom is -0.467 e. The lowest BCUT2D eigenvalue weighted by atomic mass is 9.88. The number of furan rings is 1. The molecule has 1 fully saturated rings. The van der Waals surface area contributed by atoms with Gasteiger partial charge >= 0.3 is 0 Å². The molecule has 1 aromatic heterocycles. The van der Waals surface area contributed by atoms with E-state index in [-0.39, 0.29) is 5.78 Å². The summed E-state index contributed by atoms with van der Waals surface area (Å²) in [5.41, 5.74) is 1.45. The summed E-state index contributed by atoms with van der Waals surface area (Å²) >= 11 is 0. The molecule has 6 nitrogen and oxygen atoms in total. The van der Waals surface area contributed by atoms with E-state index in [1.807, 2.05) is 38.1 Å². The van der Waals surface area contributed by atoms with Gasteiger partial charge in [0.15, 0.2) is 5.78 Å². The van der Waals surface area contributed by atoms with Gasteiger partial charge < -0.3 is 14.2 Å². The van der Waals surface area contributed by atoms with Crippen LogP contribution in [0.4, 0.5) is 0 Å². The third kappa shape index (κ3) is 3.85. The second-order valence-corrected chi connectivity index (χ2v) is 7.19. The molecule has 2 heterocycles. The van der Waals surface area contributed by atoms with Gasteiger partial charge in [0.05, 0.1) is 6.26 Å². The topological polar surface area (TPSA) is 70.8 Å². The average molecular weight is 368 g/mol. The molecule has 1 aromatic carbocycles. The first-order chi connectivity index (χ1) is 12.9. The second-order valence-electron chi connectivity index (χ2n) is 7.19. The maximum Gasteiger partial charge on any atom is 0.291 e. The summed E-state index contributed by atoms with van der Waals surface area (Å²) in [4.78, 5) is 42.0. The van der Waals surface area contributed by atoms with Gasteiger partial charge in [-0.15, -0.1) is 0 Å². The molecule has 0 aliphatic carbocycles. The number of nitrogens with zero attached hydrogens (tertiary/aromatic N) is 2. The Morgan fingerprint density at radius 1 is 1.15 bits per heavy atom. The van der Waals surface area contributed by atoms with Crippen LogP contribution < -0.4 is 0 Å². The Bertz CT molecular complexity index is 824. The molecule has 1 aliphatic rings. The third-order valence-electron chi connectivity index (χ3n) is 4.86. The maximum atomic E-state index is 13.1. The number of amides is 1. The van der Waals surface area contributed by atoms with Crippen LogP contribution in [0.15, 0.2) is 47.1 Å². The maximum absolute atomic E-state index is 13.1. The van der Waals surface area contributed by atoms with Gasteiger partial charge in [0.1, 0.15) is 17.7 Å². The van der Waals surface area contributed by atoms with E-state index in [4.69, 9.17) is 4.42 Å². The highest BCUT2D eigenvalue weighted by Gasteiger charge is 2.52. The summed E-state index contributed by atoms with van der Waals surface area (Å²) in [6.07, 6.45) is 2.20. The Kier molecular flexibility index (Phi) is 5.56. The first kappa shape index (κ1) is 19.0. The Labute approximate surface area is 158 Å². The molecule has 0 N–H and O–H groups in total. The minimum atomic E-state index is -1.08. The van der Waals surface area contributed by atoms with Crippen LogP contribution >= 0.6 is 0 Å². The number of ketones is 2. The summed E-state index contributed by atoms with van der Waals surface area (Å²) in [5, 5.41) is 0. The summed E-state index contributed by atoms with van der Waals surface area (Å²) in [6.45, 7) is 3.10. The Morgan fingerprint density at radius 2 is 1.85 bits per heavy atom. The molecule has 3 rings (SSSR count). The van der Waals surface area contributed by atoms with Crippen molar-refractivity contribution in [3.63, 3.8) is 0 Å². The van der Waals surface area contributed by atoms with Crippen molar-refractivity contribution >= 4 is 17.5 Å². The molecular formula is C21H24N2O4. The molecule has 0 bridgehead atoms. The third-order valence-corrected chi connectivity index (χ3v) is 4.86. The largest absolute Gasteiger partial charge is 0.467 e. The highest BCUT2D eigenvalue weighted by molar-refractivity contribution is 6.44. The number of Topliss-reactive ketones (excluding diaryl/α,β-unsaturated/α-hetero) is 2. The van der Waals surface area contributed by atoms with E-state index >= 15 is 0 Å². The lowest BCUT2D eigenvalue weighted by Crippen LogP contribution is -2.32. The zero-order valence-electron chi connectivity index (χ0n) is 15.8. The first-order valence-corrected chi connectivity index (χ1v) is 9.04. The molecule has 2 unspecified atom stereocenters. The Hall–Kier alpha value is -2.73. The van der Waals surface area contributed by atoms with Crippen molar-refractivity contribution in [2.75, 3.05) is 27.2 Å². The molecule has 2 aromatic rings. The molecule has 0 radical (unpaired) electrons. The fourth-order valence-corrected chi connectivity index (χ4v) is 3.46. The van der Waals surface area contributed by atoms with Crippen molar-refractivity contribution in [2.24, 2.45) is 5.92 Å². The van der Waals surface area contributed by atoms with Gasteiger partial charge in [-0.1, -0.05) is 29.8 Å². The van der Waals surface area contributed by atoms with E-state index in [0.29, 0.717) is 24.3 Å². The van der Waals surface area contributed by atoms with Crippen molar-refractivity contribution in [1.29, 1.82) is 0 Å². The number of carbonyl (C=O) groups excluding carboxylic acids is 3. The van der Waals surface area contributed by atoms with Crippen molar-refractivity contribution in [2.45, 2.75) is 19.4 Å². The number of rotatable bonds is 7. The fraction of sp³-hybridized carbons (Fsp3) is 0.381. The van der Waals surface area contributed by atoms with Gasteiger partial charge in [0.2, 0.25) is 5.78 Å². The van der Waals surface area contributed by atoms with Crippen LogP contribution in [0.3, 0.4) is 0 Å². The molecule has 27 heavy (non-hydrogen) atoms. The normalized spacial score (nSPS) is 19.9. The zero-order chi connectivity index (χ0) is 19.6. The smallest absolute Gasteiger partial charge is 0.291 e. The number of benzene rings is 1. The average Bonchev–Trinajstić information content (AvgIpc) is 3.24. The first-order valence-electron chi connectivity index (χ1n) is 9.04. The monoisotopic (exact) mass is 368 g/mol. The van der Waals surface area contributed by atoms with Gasteiger partial charge in [0, 0.05) is 12.1 Å². The summed E-state index contributed by atoms with van der Waals surface area (Å²) in [7, 11) is 3.90. The van der Waals surface area contributed by atoms with E-state index in [1.54, 1.807) is 24.3 Å². The van der Waals surface area contributed by atoms with Crippen LogP contribution in [0.2, 0.25) is 0 Å². The standard InChI is InChI=1S/C21H24N2O4/c1-14-7-9-15(10-8-14)19(24)17-18(16-6-4-13-27-16)23(21(26)20(17)25)12-5-11-22(2)3/h4,6-10,13,17-18H,5,11-12H2,1-3H3. The molecule has 6 heteroatoms. The van der Waals surface area contributed by atoms with E-state index in [0.717, 1.165) is 12.1 Å². The SMILES string of the molecule is Cc1ccc(C(=O)C2C(=O)C(=O)N(CCCN(C)C)C2c2ccco2)cc1. The van der Waals surface area contributed by atoms with Crippen LogP contribution in [-0.4, -0.2) is 54.5 Å². The van der Waals surface area contributed by atoms with Gasteiger partial charge in [-0.3, -0.25) is 14.4 Å². The highest BCUT2D eigenvalue weighted by Crippen LogP contribution is 2.38. The second kappa shape index (κ2) is 7.88. The summed E-state index contributed by atoms with van der Waals surface area (Å²) < 4.78 is 5.50. The number of aryl methyl sites for hydroxylation is 1. The molecule has 1 saturated heterocycles. The van der Waals surface area contributed by atoms with E-state index in [1.165, 1.54) is 11.2 Å². The number of carbonyl (C=O) groups is 3. The Balaban J connectivity index is 1.93. The predicted molar refractivity (Wildman–Crippen MR) is 100 cm³/mol. The van der Waals surface area contributed by atoms with Gasteiger partial charge in [-0.2, -0.15) is 0 Å². The van der Waals surface area contributed by atoms with Gasteiger partial charge in [0.25, 0.3) is 5.91 Å². The van der Waals surface area contributed by atoms with Crippen LogP contribution in [0.5, 0.6) is 0 Å². The van der Waals surface area contributed by atoms with Crippen LogP contribution in [0.1, 0.15) is 34.1 Å². The van der Waals surface area contributed by atoms with Crippen molar-refractivity contribution in [1.82, 2.24) is 9.80 Å². The molecule has 1 amide bonds. The molecule has 1 aliphatic heterocycles. The molecule has 142 valence electrons. The predicted octanol–water partition coefficient (Wildman–Crippen LogP) is 2.49. The molecule has 2 atom stereocenters. The summed E-state index contributed by atoms with van der Waals surface area (Å²) in [5.74, 6) is -2.23. The number of hydrogen-bond donors (Lipinski definition) is 0. The summed E-state index contributed by atoms with van der Waals surface area (Å²) in [6, 6.07) is 9.76. The molecule has 0 spiro atoms. The van der Waals surface area contributed by atoms with Gasteiger partial charge in [-0.05, 0) is 46.1 Å². The van der Waals surface area contributed by atoms with Crippen LogP contribution in [0.25, 0.3) is 0 Å². The quantitative estimate of drug-likeness (QED) is 0.427. The van der Waals surface area contributed by atoms with E-state index < -0.39 is 23.7 Å². The van der Waals surface area contributed by atoms with Crippen molar-refractivity contribution in [3.8, 4) is 0 Å². The fourth-order valence-electron chi connectivity index (χ4n) is 3.46. The van der Waals surface area contributed by atoms with Crippen molar-refractivity contribution in [3.05, 3.63) is 59.5 Å². The van der Waals surface area contributed by atoms with E-state index in [9.17, 15) is 14.4 Å². The lowest BCUT2D eigenvalue weighted by molar-refractivity contribution is -0.140. The van der Waals surface area contributed by atoms with Gasteiger partial charge in [-0.25, -0.2) is 0 Å².